The second-order valence-electron chi connectivity index (χ2n) is 2.34. The first kappa shape index (κ1) is 10.9. The molecule has 0 atom stereocenters. The van der Waals surface area contributed by atoms with Gasteiger partial charge in [0.25, 0.3) is 0 Å². The summed E-state index contributed by atoms with van der Waals surface area (Å²) in [5.74, 6) is -0.258. The lowest BCUT2D eigenvalue weighted by atomic mass is 10.5. The van der Waals surface area contributed by atoms with Gasteiger partial charge in [0.2, 0.25) is 15.0 Å². The van der Waals surface area contributed by atoms with E-state index in [-0.39, 0.29) is 22.5 Å². The molecule has 74 valence electrons. The Labute approximate surface area is 86.3 Å². The van der Waals surface area contributed by atoms with Gasteiger partial charge >= 0.3 is 0 Å². The maximum atomic E-state index is 11.4. The van der Waals surface area contributed by atoms with E-state index in [0.29, 0.717) is 0 Å². The van der Waals surface area contributed by atoms with Crippen molar-refractivity contribution in [2.24, 2.45) is 0 Å². The Morgan fingerprint density at radius 1 is 1.57 bits per heavy atom. The lowest BCUT2D eigenvalue weighted by Crippen LogP contribution is -2.12. The predicted molar refractivity (Wildman–Crippen MR) is 49.5 cm³/mol. The molecule has 0 amide bonds. The molecule has 5 nitrogen and oxygen atoms in total. The zero-order valence-corrected chi connectivity index (χ0v) is 8.59. The summed E-state index contributed by atoms with van der Waals surface area (Å²) in [6.07, 6.45) is 1.23. The van der Waals surface area contributed by atoms with Crippen LogP contribution in [-0.2, 0) is 9.84 Å². The van der Waals surface area contributed by atoms with E-state index >= 15 is 0 Å². The third-order valence-corrected chi connectivity index (χ3v) is 3.28. The Kier molecular flexibility index (Phi) is 3.38. The van der Waals surface area contributed by atoms with Gasteiger partial charge in [0.05, 0.1) is 5.75 Å². The molecular weight excluding hydrogens is 226 g/mol. The fourth-order valence-corrected chi connectivity index (χ4v) is 2.20. The molecule has 0 aliphatic carbocycles. The number of hydrogen-bond donors (Lipinski definition) is 0. The summed E-state index contributed by atoms with van der Waals surface area (Å²) in [7, 11) is -3.55. The van der Waals surface area contributed by atoms with Crippen molar-refractivity contribution in [1.29, 1.82) is 5.26 Å². The van der Waals surface area contributed by atoms with Crippen molar-refractivity contribution in [3.05, 3.63) is 18.0 Å². The Hall–Kier alpha value is -1.19. The molecule has 14 heavy (non-hydrogen) atoms. The van der Waals surface area contributed by atoms with Gasteiger partial charge in [-0.1, -0.05) is 0 Å². The van der Waals surface area contributed by atoms with E-state index in [0.717, 1.165) is 0 Å². The first-order valence-electron chi connectivity index (χ1n) is 3.62. The minimum atomic E-state index is -3.55. The second-order valence-corrected chi connectivity index (χ2v) is 4.72. The molecule has 0 aromatic carbocycles. The van der Waals surface area contributed by atoms with Crippen LogP contribution in [-0.4, -0.2) is 30.0 Å². The van der Waals surface area contributed by atoms with Gasteiger partial charge in [0.1, 0.15) is 11.8 Å². The normalized spacial score (nSPS) is 10.9. The van der Waals surface area contributed by atoms with Gasteiger partial charge in [-0.05, 0) is 6.07 Å². The molecule has 0 N–H and O–H groups in total. The van der Waals surface area contributed by atoms with Crippen LogP contribution in [0.1, 0.15) is 5.69 Å². The fourth-order valence-electron chi connectivity index (χ4n) is 0.746. The number of alkyl halides is 1. The molecular formula is C7H6ClN3O2S. The molecule has 0 fully saturated rings. The van der Waals surface area contributed by atoms with Crippen LogP contribution in [0.15, 0.2) is 17.4 Å². The Bertz CT molecular complexity index is 466. The molecule has 0 aliphatic heterocycles. The van der Waals surface area contributed by atoms with Gasteiger partial charge in [0, 0.05) is 12.1 Å². The standard InChI is InChI=1S/C7H6ClN3O2S/c8-2-4-14(12,13)7-10-3-1-6(5-9)11-7/h1,3H,2,4H2. The number of nitrogens with zero attached hydrogens (tertiary/aromatic N) is 3. The third kappa shape index (κ3) is 2.40. The highest BCUT2D eigenvalue weighted by Crippen LogP contribution is 2.05. The van der Waals surface area contributed by atoms with Crippen LogP contribution in [0.25, 0.3) is 0 Å². The highest BCUT2D eigenvalue weighted by Gasteiger charge is 2.17. The summed E-state index contributed by atoms with van der Waals surface area (Å²) in [5, 5.41) is 8.15. The van der Waals surface area contributed by atoms with Gasteiger partial charge in [0.15, 0.2) is 0 Å². The van der Waals surface area contributed by atoms with Crippen molar-refractivity contribution in [3.8, 4) is 6.07 Å². The summed E-state index contributed by atoms with van der Waals surface area (Å²) in [4.78, 5) is 7.13. The van der Waals surface area contributed by atoms with Crippen molar-refractivity contribution in [3.63, 3.8) is 0 Å². The van der Waals surface area contributed by atoms with Gasteiger partial charge in [-0.25, -0.2) is 18.4 Å². The van der Waals surface area contributed by atoms with Crippen molar-refractivity contribution in [2.45, 2.75) is 5.16 Å². The molecule has 0 spiro atoms. The van der Waals surface area contributed by atoms with Crippen molar-refractivity contribution in [2.75, 3.05) is 11.6 Å². The molecule has 0 radical (unpaired) electrons. The van der Waals surface area contributed by atoms with Crippen LogP contribution in [0.5, 0.6) is 0 Å². The molecule has 1 heterocycles. The van der Waals surface area contributed by atoms with Crippen LogP contribution >= 0.6 is 11.6 Å². The Balaban J connectivity index is 3.15. The van der Waals surface area contributed by atoms with E-state index in [4.69, 9.17) is 16.9 Å². The zero-order chi connectivity index (χ0) is 10.6. The van der Waals surface area contributed by atoms with E-state index in [2.05, 4.69) is 9.97 Å². The Morgan fingerprint density at radius 3 is 2.86 bits per heavy atom. The SMILES string of the molecule is N#Cc1ccnc(S(=O)(=O)CCCl)n1. The second kappa shape index (κ2) is 4.35. The maximum absolute atomic E-state index is 11.4. The number of nitriles is 1. The summed E-state index contributed by atoms with van der Waals surface area (Å²) < 4.78 is 22.8. The first-order valence-corrected chi connectivity index (χ1v) is 5.80. The molecule has 0 aliphatic rings. The van der Waals surface area contributed by atoms with Crippen LogP contribution in [0.4, 0.5) is 0 Å². The number of hydrogen-bond acceptors (Lipinski definition) is 5. The lowest BCUT2D eigenvalue weighted by Gasteiger charge is -1.99. The third-order valence-electron chi connectivity index (χ3n) is 1.37. The fraction of sp³-hybridized carbons (Fsp3) is 0.286. The van der Waals surface area contributed by atoms with E-state index in [9.17, 15) is 8.42 Å². The minimum Gasteiger partial charge on any atom is -0.227 e. The number of aromatic nitrogens is 2. The average Bonchev–Trinajstić information content (AvgIpc) is 2.18. The van der Waals surface area contributed by atoms with Gasteiger partial charge in [-0.15, -0.1) is 11.6 Å². The van der Waals surface area contributed by atoms with Crippen LogP contribution in [0, 0.1) is 11.3 Å². The molecule has 0 bridgehead atoms. The largest absolute Gasteiger partial charge is 0.248 e. The highest BCUT2D eigenvalue weighted by molar-refractivity contribution is 7.91. The quantitative estimate of drug-likeness (QED) is 0.554. The molecule has 7 heteroatoms. The van der Waals surface area contributed by atoms with Crippen molar-refractivity contribution < 1.29 is 8.42 Å². The summed E-state index contributed by atoms with van der Waals surface area (Å²) in [6, 6.07) is 3.07. The van der Waals surface area contributed by atoms with Crippen molar-refractivity contribution in [1.82, 2.24) is 9.97 Å². The van der Waals surface area contributed by atoms with E-state index < -0.39 is 9.84 Å². The molecule has 1 aromatic rings. The molecule has 1 aromatic heterocycles. The molecule has 0 saturated heterocycles. The summed E-state index contributed by atoms with van der Waals surface area (Å²) in [6.45, 7) is 0. The highest BCUT2D eigenvalue weighted by atomic mass is 35.5. The van der Waals surface area contributed by atoms with E-state index in [1.54, 1.807) is 6.07 Å². The molecule has 0 unspecified atom stereocenters. The van der Waals surface area contributed by atoms with E-state index in [1.165, 1.54) is 12.3 Å². The summed E-state index contributed by atoms with van der Waals surface area (Å²) in [5.41, 5.74) is 0.0214. The summed E-state index contributed by atoms with van der Waals surface area (Å²) >= 11 is 5.31. The average molecular weight is 232 g/mol. The number of rotatable bonds is 3. The zero-order valence-electron chi connectivity index (χ0n) is 7.01. The topological polar surface area (TPSA) is 83.7 Å². The lowest BCUT2D eigenvalue weighted by molar-refractivity contribution is 0.588. The van der Waals surface area contributed by atoms with Crippen molar-refractivity contribution >= 4 is 21.4 Å². The van der Waals surface area contributed by atoms with Gasteiger partial charge < -0.3 is 0 Å². The predicted octanol–water partition coefficient (Wildman–Crippen LogP) is 0.361. The van der Waals surface area contributed by atoms with Crippen LogP contribution in [0.3, 0.4) is 0 Å². The van der Waals surface area contributed by atoms with E-state index in [1.807, 2.05) is 0 Å². The molecule has 0 saturated carbocycles. The minimum absolute atomic E-state index is 0.0214. The Morgan fingerprint density at radius 2 is 2.29 bits per heavy atom. The molecule has 1 rings (SSSR count). The maximum Gasteiger partial charge on any atom is 0.248 e. The first-order chi connectivity index (χ1) is 6.60. The number of halogens is 1. The van der Waals surface area contributed by atoms with Crippen LogP contribution < -0.4 is 0 Å². The van der Waals surface area contributed by atoms with Crippen LogP contribution in [0.2, 0.25) is 0 Å². The monoisotopic (exact) mass is 231 g/mol. The number of sulfone groups is 1. The smallest absolute Gasteiger partial charge is 0.227 e. The van der Waals surface area contributed by atoms with Gasteiger partial charge in [-0.2, -0.15) is 5.26 Å². The van der Waals surface area contributed by atoms with Gasteiger partial charge in [-0.3, -0.25) is 0 Å².